The predicted octanol–water partition coefficient (Wildman–Crippen LogP) is -0.961. The second kappa shape index (κ2) is 4.93. The van der Waals surface area contributed by atoms with Crippen molar-refractivity contribution in [3.63, 3.8) is 0 Å². The quantitative estimate of drug-likeness (QED) is 0.499. The van der Waals surface area contributed by atoms with Crippen LogP contribution in [-0.2, 0) is 9.59 Å². The molecule has 0 rings (SSSR count). The number of carbonyl (C=O) groups is 2. The van der Waals surface area contributed by atoms with Crippen molar-refractivity contribution in [1.29, 1.82) is 0 Å². The number of amides is 1. The van der Waals surface area contributed by atoms with Gasteiger partial charge in [0.1, 0.15) is 6.29 Å². The van der Waals surface area contributed by atoms with E-state index in [2.05, 4.69) is 5.32 Å². The van der Waals surface area contributed by atoms with Crippen LogP contribution in [0.2, 0.25) is 0 Å². The number of hydrogen-bond donors (Lipinski definition) is 2. The fourth-order valence-electron chi connectivity index (χ4n) is 0.498. The highest BCUT2D eigenvalue weighted by Crippen LogP contribution is 1.83. The smallest absolute Gasteiger partial charge is 0.234 e. The molecule has 3 N–H and O–H groups in total. The Balaban J connectivity index is 3.62. The summed E-state index contributed by atoms with van der Waals surface area (Å²) in [6.07, 6.45) is 1.31. The predicted molar refractivity (Wildman–Crippen MR) is 37.3 cm³/mol. The van der Waals surface area contributed by atoms with Crippen LogP contribution in [0.4, 0.5) is 0 Å². The molecule has 1 amide bonds. The lowest BCUT2D eigenvalue weighted by molar-refractivity contribution is -0.122. The molecule has 0 fully saturated rings. The van der Waals surface area contributed by atoms with Gasteiger partial charge in [0.05, 0.1) is 12.6 Å². The van der Waals surface area contributed by atoms with Gasteiger partial charge in [-0.3, -0.25) is 4.79 Å². The minimum atomic E-state index is -0.379. The van der Waals surface area contributed by atoms with Gasteiger partial charge in [-0.05, 0) is 6.42 Å². The van der Waals surface area contributed by atoms with Gasteiger partial charge in [-0.1, -0.05) is 6.92 Å². The molecule has 0 aromatic rings. The van der Waals surface area contributed by atoms with Crippen LogP contribution in [0.25, 0.3) is 0 Å². The van der Waals surface area contributed by atoms with Crippen LogP contribution in [-0.4, -0.2) is 24.8 Å². The highest BCUT2D eigenvalue weighted by molar-refractivity contribution is 5.80. The molecular formula is C6H12N2O2. The van der Waals surface area contributed by atoms with Crippen molar-refractivity contribution in [2.75, 3.05) is 6.54 Å². The molecule has 0 aromatic carbocycles. The number of carbonyl (C=O) groups excluding carboxylic acids is 2. The maximum absolute atomic E-state index is 10.5. The molecule has 0 aliphatic heterocycles. The molecule has 0 aromatic heterocycles. The van der Waals surface area contributed by atoms with Crippen molar-refractivity contribution in [2.24, 2.45) is 5.73 Å². The average molecular weight is 144 g/mol. The summed E-state index contributed by atoms with van der Waals surface area (Å²) in [5.74, 6) is -0.293. The third-order valence-corrected chi connectivity index (χ3v) is 1.14. The van der Waals surface area contributed by atoms with Crippen molar-refractivity contribution in [1.82, 2.24) is 5.32 Å². The van der Waals surface area contributed by atoms with Gasteiger partial charge in [0.2, 0.25) is 5.91 Å². The van der Waals surface area contributed by atoms with Crippen LogP contribution < -0.4 is 11.1 Å². The van der Waals surface area contributed by atoms with E-state index in [1.54, 1.807) is 0 Å². The largest absolute Gasteiger partial charge is 0.346 e. The third kappa shape index (κ3) is 3.19. The first-order valence-electron chi connectivity index (χ1n) is 3.19. The topological polar surface area (TPSA) is 72.2 Å². The summed E-state index contributed by atoms with van der Waals surface area (Å²) in [5, 5.41) is 2.43. The second-order valence-corrected chi connectivity index (χ2v) is 1.92. The third-order valence-electron chi connectivity index (χ3n) is 1.14. The van der Waals surface area contributed by atoms with Gasteiger partial charge in [-0.25, -0.2) is 0 Å². The van der Waals surface area contributed by atoms with Gasteiger partial charge in [-0.2, -0.15) is 0 Å². The highest BCUT2D eigenvalue weighted by Gasteiger charge is 2.05. The standard InChI is InChI=1S/C6H12N2O2/c1-2-5(4-9)8-6(10)3-7/h4-5H,2-3,7H2,1H3,(H,8,10). The maximum Gasteiger partial charge on any atom is 0.234 e. The molecule has 10 heavy (non-hydrogen) atoms. The van der Waals surface area contributed by atoms with Gasteiger partial charge >= 0.3 is 0 Å². The molecule has 4 heteroatoms. The maximum atomic E-state index is 10.5. The van der Waals surface area contributed by atoms with Crippen LogP contribution in [0.5, 0.6) is 0 Å². The van der Waals surface area contributed by atoms with E-state index in [1.165, 1.54) is 0 Å². The minimum Gasteiger partial charge on any atom is -0.346 e. The Hall–Kier alpha value is -0.900. The van der Waals surface area contributed by atoms with Crippen LogP contribution >= 0.6 is 0 Å². The summed E-state index contributed by atoms with van der Waals surface area (Å²) in [6.45, 7) is 1.75. The zero-order valence-corrected chi connectivity index (χ0v) is 5.96. The summed E-state index contributed by atoms with van der Waals surface area (Å²) < 4.78 is 0. The van der Waals surface area contributed by atoms with Gasteiger partial charge in [0, 0.05) is 0 Å². The Morgan fingerprint density at radius 1 is 1.80 bits per heavy atom. The fourth-order valence-corrected chi connectivity index (χ4v) is 0.498. The van der Waals surface area contributed by atoms with E-state index in [0.29, 0.717) is 12.7 Å². The number of rotatable bonds is 4. The van der Waals surface area contributed by atoms with Crippen molar-refractivity contribution in [2.45, 2.75) is 19.4 Å². The van der Waals surface area contributed by atoms with Gasteiger partial charge in [0.15, 0.2) is 0 Å². The van der Waals surface area contributed by atoms with Crippen LogP contribution in [0.1, 0.15) is 13.3 Å². The molecule has 0 saturated carbocycles. The first-order valence-corrected chi connectivity index (χ1v) is 3.19. The Labute approximate surface area is 59.8 Å². The van der Waals surface area contributed by atoms with E-state index in [1.807, 2.05) is 6.92 Å². The van der Waals surface area contributed by atoms with Crippen molar-refractivity contribution >= 4 is 12.2 Å². The number of hydrogen-bond acceptors (Lipinski definition) is 3. The molecule has 0 spiro atoms. The monoisotopic (exact) mass is 144 g/mol. The average Bonchev–Trinajstić information content (AvgIpc) is 1.99. The molecule has 0 radical (unpaired) electrons. The second-order valence-electron chi connectivity index (χ2n) is 1.92. The minimum absolute atomic E-state index is 0.0651. The van der Waals surface area contributed by atoms with E-state index < -0.39 is 0 Å². The molecule has 1 atom stereocenters. The highest BCUT2D eigenvalue weighted by atomic mass is 16.2. The zero-order chi connectivity index (χ0) is 7.98. The van der Waals surface area contributed by atoms with Crippen LogP contribution in [0.3, 0.4) is 0 Å². The molecule has 0 aliphatic rings. The number of nitrogens with one attached hydrogen (secondary N) is 1. The van der Waals surface area contributed by atoms with Crippen molar-refractivity contribution in [3.8, 4) is 0 Å². The van der Waals surface area contributed by atoms with E-state index in [-0.39, 0.29) is 18.5 Å². The van der Waals surface area contributed by atoms with Crippen molar-refractivity contribution in [3.05, 3.63) is 0 Å². The van der Waals surface area contributed by atoms with E-state index >= 15 is 0 Å². The van der Waals surface area contributed by atoms with E-state index in [9.17, 15) is 9.59 Å². The molecule has 0 saturated heterocycles. The van der Waals surface area contributed by atoms with Gasteiger partial charge < -0.3 is 15.8 Å². The summed E-state index contributed by atoms with van der Waals surface area (Å²) in [7, 11) is 0. The van der Waals surface area contributed by atoms with Crippen LogP contribution in [0, 0.1) is 0 Å². The Morgan fingerprint density at radius 3 is 2.70 bits per heavy atom. The lowest BCUT2D eigenvalue weighted by Crippen LogP contribution is -2.39. The molecule has 0 aliphatic carbocycles. The summed E-state index contributed by atoms with van der Waals surface area (Å²) in [6, 6.07) is -0.379. The lowest BCUT2D eigenvalue weighted by atomic mass is 10.2. The Bertz CT molecular complexity index is 125. The van der Waals surface area contributed by atoms with E-state index in [0.717, 1.165) is 0 Å². The zero-order valence-electron chi connectivity index (χ0n) is 5.96. The lowest BCUT2D eigenvalue weighted by Gasteiger charge is -2.07. The van der Waals surface area contributed by atoms with E-state index in [4.69, 9.17) is 5.73 Å². The number of nitrogens with two attached hydrogens (primary N) is 1. The fraction of sp³-hybridized carbons (Fsp3) is 0.667. The SMILES string of the molecule is CCC(C=O)NC(=O)CN. The Morgan fingerprint density at radius 2 is 2.40 bits per heavy atom. The van der Waals surface area contributed by atoms with Crippen molar-refractivity contribution < 1.29 is 9.59 Å². The first kappa shape index (κ1) is 9.10. The normalized spacial score (nSPS) is 12.2. The molecule has 1 unspecified atom stereocenters. The molecular weight excluding hydrogens is 132 g/mol. The van der Waals surface area contributed by atoms with Gasteiger partial charge in [0.25, 0.3) is 0 Å². The molecule has 4 nitrogen and oxygen atoms in total. The Kier molecular flexibility index (Phi) is 4.49. The van der Waals surface area contributed by atoms with Crippen LogP contribution in [0.15, 0.2) is 0 Å². The molecule has 0 heterocycles. The molecule has 0 bridgehead atoms. The molecule has 58 valence electrons. The summed E-state index contributed by atoms with van der Waals surface area (Å²) in [4.78, 5) is 20.7. The summed E-state index contributed by atoms with van der Waals surface area (Å²) in [5.41, 5.74) is 5.00. The summed E-state index contributed by atoms with van der Waals surface area (Å²) >= 11 is 0. The first-order chi connectivity index (χ1) is 4.74. The van der Waals surface area contributed by atoms with Gasteiger partial charge in [-0.15, -0.1) is 0 Å². The number of aldehydes is 1.